The molecule has 2 aliphatic heterocycles. The average molecular weight is 571 g/mol. The van der Waals surface area contributed by atoms with E-state index >= 15 is 0 Å². The van der Waals surface area contributed by atoms with E-state index in [1.807, 2.05) is 91.0 Å². The molecule has 2 heterocycles. The van der Waals surface area contributed by atoms with Gasteiger partial charge in [-0.25, -0.2) is 4.79 Å². The monoisotopic (exact) mass is 570 g/mol. The maximum atomic E-state index is 14.6. The minimum Gasteiger partial charge on any atom is -0.497 e. The summed E-state index contributed by atoms with van der Waals surface area (Å²) in [6.45, 7) is 0. The maximum absolute atomic E-state index is 14.6. The molecule has 2 aliphatic rings. The standard InChI is InChI=1S/C36H30N2O5/c1-41-28-19-17-25(18-20-28)30-31(34(39)43-32(26-12-5-3-6-13-26)27-14-7-4-8-15-27)38-22-21-24-11-9-10-16-29(24)33(38)36(30,23-37)35(40)42-2/h3-22,30-33H,1-2H3/t30-,31+,33+,36-/m1/s1. The van der Waals surface area contributed by atoms with Crippen LogP contribution >= 0.6 is 0 Å². The molecule has 4 aromatic carbocycles. The lowest BCUT2D eigenvalue weighted by atomic mass is 9.67. The van der Waals surface area contributed by atoms with Gasteiger partial charge in [0.25, 0.3) is 0 Å². The minimum absolute atomic E-state index is 0.561. The Morgan fingerprint density at radius 1 is 0.837 bits per heavy atom. The number of nitrogens with zero attached hydrogens (tertiary/aromatic N) is 2. The van der Waals surface area contributed by atoms with Crippen LogP contribution in [0.15, 0.2) is 115 Å². The maximum Gasteiger partial charge on any atom is 0.330 e. The molecule has 0 radical (unpaired) electrons. The molecule has 4 atom stereocenters. The summed E-state index contributed by atoms with van der Waals surface area (Å²) in [5, 5.41) is 11.0. The summed E-state index contributed by atoms with van der Waals surface area (Å²) >= 11 is 0. The van der Waals surface area contributed by atoms with Crippen molar-refractivity contribution in [2.45, 2.75) is 24.1 Å². The van der Waals surface area contributed by atoms with Crippen molar-refractivity contribution in [3.63, 3.8) is 0 Å². The number of benzene rings is 4. The molecule has 4 aromatic rings. The molecule has 7 nitrogen and oxygen atoms in total. The molecule has 0 unspecified atom stereocenters. The normalized spacial score (nSPS) is 21.8. The second-order valence-corrected chi connectivity index (χ2v) is 10.6. The van der Waals surface area contributed by atoms with Crippen LogP contribution in [-0.2, 0) is 19.1 Å². The summed E-state index contributed by atoms with van der Waals surface area (Å²) in [6.07, 6.45) is 2.98. The van der Waals surface area contributed by atoms with Crippen molar-refractivity contribution in [2.75, 3.05) is 14.2 Å². The summed E-state index contributed by atoms with van der Waals surface area (Å²) in [5.74, 6) is -1.60. The van der Waals surface area contributed by atoms with E-state index < -0.39 is 41.5 Å². The summed E-state index contributed by atoms with van der Waals surface area (Å²) in [4.78, 5) is 30.3. The van der Waals surface area contributed by atoms with E-state index in [1.165, 1.54) is 7.11 Å². The van der Waals surface area contributed by atoms with Gasteiger partial charge in [-0.15, -0.1) is 0 Å². The van der Waals surface area contributed by atoms with Crippen LogP contribution < -0.4 is 4.74 Å². The number of methoxy groups -OCH3 is 2. The number of carbonyl (C=O) groups excluding carboxylic acids is 2. The SMILES string of the molecule is COC(=O)[C@]1(C#N)[C@H](c2ccc(OC)cc2)[C@@H](C(=O)OC(c2ccccc2)c2ccccc2)N2C=Cc3ccccc3[C@H]21. The number of fused-ring (bicyclic) bond motifs is 3. The molecule has 0 bridgehead atoms. The fourth-order valence-corrected chi connectivity index (χ4v) is 6.52. The molecule has 214 valence electrons. The molecule has 0 aromatic heterocycles. The average Bonchev–Trinajstić information content (AvgIpc) is 3.39. The third kappa shape index (κ3) is 4.61. The van der Waals surface area contributed by atoms with Crippen molar-refractivity contribution in [1.82, 2.24) is 4.90 Å². The van der Waals surface area contributed by atoms with Crippen molar-refractivity contribution in [1.29, 1.82) is 5.26 Å². The Labute approximate surface area is 250 Å². The number of carbonyl (C=O) groups is 2. The Hall–Kier alpha value is -5.35. The Morgan fingerprint density at radius 2 is 1.44 bits per heavy atom. The smallest absolute Gasteiger partial charge is 0.330 e. The first-order valence-electron chi connectivity index (χ1n) is 14.0. The number of esters is 2. The lowest BCUT2D eigenvalue weighted by Gasteiger charge is -2.36. The van der Waals surface area contributed by atoms with Crippen LogP contribution in [0.1, 0.15) is 45.9 Å². The number of rotatable bonds is 7. The molecule has 7 heteroatoms. The van der Waals surface area contributed by atoms with Crippen molar-refractivity contribution in [3.8, 4) is 11.8 Å². The number of hydrogen-bond acceptors (Lipinski definition) is 7. The van der Waals surface area contributed by atoms with Crippen LogP contribution in [0.4, 0.5) is 0 Å². The zero-order valence-electron chi connectivity index (χ0n) is 23.8. The predicted molar refractivity (Wildman–Crippen MR) is 160 cm³/mol. The van der Waals surface area contributed by atoms with Gasteiger partial charge in [-0.3, -0.25) is 4.79 Å². The predicted octanol–water partition coefficient (Wildman–Crippen LogP) is 6.20. The number of hydrogen-bond donors (Lipinski definition) is 0. The molecule has 6 rings (SSSR count). The Kier molecular flexibility index (Phi) is 7.43. The van der Waals surface area contributed by atoms with Crippen molar-refractivity contribution in [3.05, 3.63) is 143 Å². The Balaban J connectivity index is 1.54. The quantitative estimate of drug-likeness (QED) is 0.244. The third-order valence-corrected chi connectivity index (χ3v) is 8.44. The molecule has 0 aliphatic carbocycles. The molecular formula is C36H30N2O5. The number of nitriles is 1. The first-order chi connectivity index (χ1) is 21.0. The minimum atomic E-state index is -1.77. The van der Waals surface area contributed by atoms with E-state index in [1.54, 1.807) is 42.5 Å². The van der Waals surface area contributed by atoms with E-state index in [2.05, 4.69) is 6.07 Å². The van der Waals surface area contributed by atoms with Crippen LogP contribution in [0.3, 0.4) is 0 Å². The fraction of sp³-hybridized carbons (Fsp3) is 0.194. The molecule has 0 N–H and O–H groups in total. The van der Waals surface area contributed by atoms with Crippen LogP contribution in [0.2, 0.25) is 0 Å². The van der Waals surface area contributed by atoms with Crippen LogP contribution in [-0.4, -0.2) is 37.1 Å². The van der Waals surface area contributed by atoms with Gasteiger partial charge in [0.05, 0.1) is 26.3 Å². The zero-order valence-corrected chi connectivity index (χ0v) is 23.8. The number of ether oxygens (including phenoxy) is 3. The van der Waals surface area contributed by atoms with Crippen molar-refractivity contribution >= 4 is 18.0 Å². The van der Waals surface area contributed by atoms with Crippen LogP contribution in [0, 0.1) is 16.7 Å². The van der Waals surface area contributed by atoms with Gasteiger partial charge in [0.15, 0.2) is 11.5 Å². The first kappa shape index (κ1) is 27.8. The van der Waals surface area contributed by atoms with Gasteiger partial charge in [0.2, 0.25) is 0 Å². The summed E-state index contributed by atoms with van der Waals surface area (Å²) < 4.78 is 17.1. The molecule has 1 saturated heterocycles. The van der Waals surface area contributed by atoms with Gasteiger partial charge in [-0.1, -0.05) is 97.1 Å². The Bertz CT molecular complexity index is 1660. The van der Waals surface area contributed by atoms with Gasteiger partial charge in [-0.05, 0) is 46.0 Å². The van der Waals surface area contributed by atoms with E-state index in [0.717, 1.165) is 22.3 Å². The molecule has 0 spiro atoms. The molecule has 0 saturated carbocycles. The fourth-order valence-electron chi connectivity index (χ4n) is 6.52. The Morgan fingerprint density at radius 3 is 2.02 bits per heavy atom. The second-order valence-electron chi connectivity index (χ2n) is 10.6. The van der Waals surface area contributed by atoms with Crippen molar-refractivity contribution in [2.24, 2.45) is 5.41 Å². The highest BCUT2D eigenvalue weighted by molar-refractivity contribution is 5.89. The van der Waals surface area contributed by atoms with Crippen LogP contribution in [0.25, 0.3) is 6.08 Å². The topological polar surface area (TPSA) is 88.9 Å². The molecule has 1 fully saturated rings. The van der Waals surface area contributed by atoms with Gasteiger partial charge < -0.3 is 19.1 Å². The second kappa shape index (κ2) is 11.5. The van der Waals surface area contributed by atoms with Gasteiger partial charge in [0, 0.05) is 12.1 Å². The van der Waals surface area contributed by atoms with E-state index in [0.29, 0.717) is 11.3 Å². The van der Waals surface area contributed by atoms with Gasteiger partial charge in [-0.2, -0.15) is 5.26 Å². The molecule has 0 amide bonds. The molecular weight excluding hydrogens is 540 g/mol. The van der Waals surface area contributed by atoms with E-state index in [-0.39, 0.29) is 0 Å². The van der Waals surface area contributed by atoms with E-state index in [9.17, 15) is 14.9 Å². The molecule has 43 heavy (non-hydrogen) atoms. The lowest BCUT2D eigenvalue weighted by molar-refractivity contribution is -0.153. The van der Waals surface area contributed by atoms with E-state index in [4.69, 9.17) is 14.2 Å². The summed E-state index contributed by atoms with van der Waals surface area (Å²) in [6, 6.07) is 34.2. The summed E-state index contributed by atoms with van der Waals surface area (Å²) in [7, 11) is 2.84. The van der Waals surface area contributed by atoms with Gasteiger partial charge in [0.1, 0.15) is 11.8 Å². The highest BCUT2D eigenvalue weighted by atomic mass is 16.5. The highest BCUT2D eigenvalue weighted by Gasteiger charge is 2.68. The largest absolute Gasteiger partial charge is 0.497 e. The first-order valence-corrected chi connectivity index (χ1v) is 14.0. The zero-order chi connectivity index (χ0) is 30.0. The lowest BCUT2D eigenvalue weighted by Crippen LogP contribution is -2.41. The van der Waals surface area contributed by atoms with Crippen molar-refractivity contribution < 1.29 is 23.8 Å². The highest BCUT2D eigenvalue weighted by Crippen LogP contribution is 2.60. The van der Waals surface area contributed by atoms with Gasteiger partial charge >= 0.3 is 11.9 Å². The summed E-state index contributed by atoms with van der Waals surface area (Å²) in [5.41, 5.74) is 2.07. The third-order valence-electron chi connectivity index (χ3n) is 8.44. The van der Waals surface area contributed by atoms with Crippen LogP contribution in [0.5, 0.6) is 5.75 Å².